The number of hydrogen-bond acceptors (Lipinski definition) is 3. The highest BCUT2D eigenvalue weighted by Gasteiger charge is 2.28. The lowest BCUT2D eigenvalue weighted by molar-refractivity contribution is -0.111. The van der Waals surface area contributed by atoms with Gasteiger partial charge < -0.3 is 10.1 Å². The van der Waals surface area contributed by atoms with Crippen molar-refractivity contribution in [2.45, 2.75) is 0 Å². The molecular weight excluding hydrogens is 306 g/mol. The second-order valence-corrected chi connectivity index (χ2v) is 5.56. The zero-order valence-electron chi connectivity index (χ0n) is 12.4. The van der Waals surface area contributed by atoms with Gasteiger partial charge in [-0.05, 0) is 41.5 Å². The standard InChI is InChI=1S/C19H11NO4/c21-17-8-14(15-9-20-16-4-2-1-3-11(15)16)13-7-10(19(23)24)5-6-12(13)18(17)22/h1-9,20H,(H,23,24). The number of nitrogens with one attached hydrogen (secondary N) is 1. The third kappa shape index (κ3) is 1.99. The van der Waals surface area contributed by atoms with Gasteiger partial charge in [0.15, 0.2) is 0 Å². The normalized spacial score (nSPS) is 13.8. The number of benzene rings is 2. The highest BCUT2D eigenvalue weighted by Crippen LogP contribution is 2.35. The van der Waals surface area contributed by atoms with E-state index < -0.39 is 17.5 Å². The zero-order valence-corrected chi connectivity index (χ0v) is 12.4. The number of fused-ring (bicyclic) bond motifs is 2. The van der Waals surface area contributed by atoms with Gasteiger partial charge in [0.2, 0.25) is 11.6 Å². The van der Waals surface area contributed by atoms with Gasteiger partial charge in [-0.2, -0.15) is 0 Å². The Morgan fingerprint density at radius 1 is 0.958 bits per heavy atom. The highest BCUT2D eigenvalue weighted by atomic mass is 16.4. The monoisotopic (exact) mass is 317 g/mol. The zero-order chi connectivity index (χ0) is 16.8. The van der Waals surface area contributed by atoms with Crippen molar-refractivity contribution in [2.24, 2.45) is 0 Å². The van der Waals surface area contributed by atoms with E-state index in [1.165, 1.54) is 24.3 Å². The van der Waals surface area contributed by atoms with Crippen LogP contribution in [0.15, 0.2) is 54.7 Å². The average Bonchev–Trinajstić information content (AvgIpc) is 3.01. The molecular formula is C19H11NO4. The molecule has 0 saturated heterocycles. The Hall–Kier alpha value is -3.47. The van der Waals surface area contributed by atoms with Crippen LogP contribution in [0.3, 0.4) is 0 Å². The Kier molecular flexibility index (Phi) is 2.96. The van der Waals surface area contributed by atoms with Crippen molar-refractivity contribution >= 4 is 34.0 Å². The maximum absolute atomic E-state index is 12.1. The SMILES string of the molecule is O=C1C=C(c2c[nH]c3ccccc23)c2cc(C(=O)O)ccc2C1=O. The molecule has 0 unspecified atom stereocenters. The summed E-state index contributed by atoms with van der Waals surface area (Å²) in [6, 6.07) is 11.8. The molecule has 1 aliphatic carbocycles. The van der Waals surface area contributed by atoms with Gasteiger partial charge in [-0.3, -0.25) is 9.59 Å². The summed E-state index contributed by atoms with van der Waals surface area (Å²) in [4.78, 5) is 38.6. The van der Waals surface area contributed by atoms with Crippen molar-refractivity contribution in [3.05, 3.63) is 77.0 Å². The molecule has 5 heteroatoms. The molecule has 0 atom stereocenters. The van der Waals surface area contributed by atoms with Crippen molar-refractivity contribution in [2.75, 3.05) is 0 Å². The van der Waals surface area contributed by atoms with Crippen molar-refractivity contribution < 1.29 is 19.5 Å². The van der Waals surface area contributed by atoms with Gasteiger partial charge >= 0.3 is 5.97 Å². The number of Topliss-reactive ketones (excluding diaryl/α,β-unsaturated/α-hetero) is 1. The molecule has 0 saturated carbocycles. The van der Waals surface area contributed by atoms with Crippen LogP contribution in [-0.4, -0.2) is 27.6 Å². The van der Waals surface area contributed by atoms with Gasteiger partial charge in [0.25, 0.3) is 0 Å². The maximum Gasteiger partial charge on any atom is 0.335 e. The minimum Gasteiger partial charge on any atom is -0.478 e. The van der Waals surface area contributed by atoms with Crippen LogP contribution in [0.4, 0.5) is 0 Å². The van der Waals surface area contributed by atoms with Crippen molar-refractivity contribution in [3.63, 3.8) is 0 Å². The molecule has 24 heavy (non-hydrogen) atoms. The summed E-state index contributed by atoms with van der Waals surface area (Å²) < 4.78 is 0. The Labute approximate surface area is 136 Å². The summed E-state index contributed by atoms with van der Waals surface area (Å²) in [5.74, 6) is -2.31. The number of aromatic carboxylic acids is 1. The first-order chi connectivity index (χ1) is 11.6. The third-order valence-electron chi connectivity index (χ3n) is 4.18. The molecule has 0 radical (unpaired) electrons. The molecule has 4 rings (SSSR count). The third-order valence-corrected chi connectivity index (χ3v) is 4.18. The molecule has 1 aromatic heterocycles. The predicted molar refractivity (Wildman–Crippen MR) is 88.1 cm³/mol. The molecule has 0 aliphatic heterocycles. The van der Waals surface area contributed by atoms with Gasteiger partial charge in [-0.25, -0.2) is 4.79 Å². The quantitative estimate of drug-likeness (QED) is 0.711. The smallest absolute Gasteiger partial charge is 0.335 e. The van der Waals surface area contributed by atoms with Crippen LogP contribution >= 0.6 is 0 Å². The van der Waals surface area contributed by atoms with Crippen LogP contribution in [0.5, 0.6) is 0 Å². The van der Waals surface area contributed by atoms with Crippen molar-refractivity contribution in [3.8, 4) is 0 Å². The lowest BCUT2D eigenvalue weighted by Gasteiger charge is -2.16. The second kappa shape index (κ2) is 5.03. The molecule has 2 N–H and O–H groups in total. The summed E-state index contributed by atoms with van der Waals surface area (Å²) in [5.41, 5.74) is 2.97. The van der Waals surface area contributed by atoms with E-state index in [9.17, 15) is 19.5 Å². The van der Waals surface area contributed by atoms with Crippen LogP contribution in [0.1, 0.15) is 31.8 Å². The van der Waals surface area contributed by atoms with Crippen LogP contribution in [0.2, 0.25) is 0 Å². The fraction of sp³-hybridized carbons (Fsp3) is 0. The number of aromatic nitrogens is 1. The summed E-state index contributed by atoms with van der Waals surface area (Å²) in [7, 11) is 0. The van der Waals surface area contributed by atoms with Crippen LogP contribution in [-0.2, 0) is 4.79 Å². The van der Waals surface area contributed by atoms with E-state index in [-0.39, 0.29) is 11.1 Å². The lowest BCUT2D eigenvalue weighted by atomic mass is 9.84. The van der Waals surface area contributed by atoms with Crippen LogP contribution in [0.25, 0.3) is 16.5 Å². The Morgan fingerprint density at radius 2 is 1.75 bits per heavy atom. The fourth-order valence-electron chi connectivity index (χ4n) is 3.02. The average molecular weight is 317 g/mol. The van der Waals surface area contributed by atoms with Gasteiger partial charge in [0.1, 0.15) is 0 Å². The van der Waals surface area contributed by atoms with Gasteiger partial charge in [-0.15, -0.1) is 0 Å². The molecule has 116 valence electrons. The van der Waals surface area contributed by atoms with Gasteiger partial charge in [0.05, 0.1) is 5.56 Å². The molecule has 1 heterocycles. The highest BCUT2D eigenvalue weighted by molar-refractivity contribution is 6.51. The predicted octanol–water partition coefficient (Wildman–Crippen LogP) is 3.06. The van der Waals surface area contributed by atoms with Crippen LogP contribution < -0.4 is 0 Å². The number of H-pyrrole nitrogens is 1. The van der Waals surface area contributed by atoms with E-state index in [0.29, 0.717) is 11.1 Å². The van der Waals surface area contributed by atoms with Gasteiger partial charge in [0, 0.05) is 28.2 Å². The fourth-order valence-corrected chi connectivity index (χ4v) is 3.02. The Morgan fingerprint density at radius 3 is 2.54 bits per heavy atom. The molecule has 1 aliphatic rings. The largest absolute Gasteiger partial charge is 0.478 e. The molecule has 0 fully saturated rings. The first-order valence-corrected chi connectivity index (χ1v) is 7.31. The summed E-state index contributed by atoms with van der Waals surface area (Å²) in [6.45, 7) is 0. The Balaban J connectivity index is 2.01. The second-order valence-electron chi connectivity index (χ2n) is 5.56. The van der Waals surface area contributed by atoms with E-state index in [1.54, 1.807) is 6.20 Å². The summed E-state index contributed by atoms with van der Waals surface area (Å²) >= 11 is 0. The van der Waals surface area contributed by atoms with E-state index in [4.69, 9.17) is 0 Å². The number of carbonyl (C=O) groups is 3. The molecule has 5 nitrogen and oxygen atoms in total. The molecule has 0 bridgehead atoms. The van der Waals surface area contributed by atoms with E-state index in [1.807, 2.05) is 24.3 Å². The summed E-state index contributed by atoms with van der Waals surface area (Å²) in [5, 5.41) is 10.1. The number of carboxylic acid groups (broad SMARTS) is 1. The van der Waals surface area contributed by atoms with E-state index >= 15 is 0 Å². The number of carbonyl (C=O) groups excluding carboxylic acids is 2. The number of ketones is 2. The molecule has 3 aromatic rings. The number of allylic oxidation sites excluding steroid dienone is 1. The number of hydrogen-bond donors (Lipinski definition) is 2. The van der Waals surface area contributed by atoms with Crippen LogP contribution in [0, 0.1) is 0 Å². The topological polar surface area (TPSA) is 87.2 Å². The molecule has 2 aromatic carbocycles. The number of para-hydroxylation sites is 1. The number of aromatic amines is 1. The number of carboxylic acids is 1. The first kappa shape index (κ1) is 14.1. The van der Waals surface area contributed by atoms with Crippen molar-refractivity contribution in [1.29, 1.82) is 0 Å². The first-order valence-electron chi connectivity index (χ1n) is 7.31. The van der Waals surface area contributed by atoms with Crippen molar-refractivity contribution in [1.82, 2.24) is 4.98 Å². The van der Waals surface area contributed by atoms with E-state index in [0.717, 1.165) is 16.5 Å². The number of rotatable bonds is 2. The maximum atomic E-state index is 12.1. The summed E-state index contributed by atoms with van der Waals surface area (Å²) in [6.07, 6.45) is 3.04. The molecule has 0 amide bonds. The Bertz CT molecular complexity index is 1070. The minimum atomic E-state index is -1.08. The minimum absolute atomic E-state index is 0.0710. The van der Waals surface area contributed by atoms with E-state index in [2.05, 4.69) is 4.98 Å². The van der Waals surface area contributed by atoms with Gasteiger partial charge in [-0.1, -0.05) is 18.2 Å². The lowest BCUT2D eigenvalue weighted by Crippen LogP contribution is -2.19. The molecule has 0 spiro atoms.